The smallest absolute Gasteiger partial charge is 0.303 e. The molecule has 7 nitrogen and oxygen atoms in total. The van der Waals surface area contributed by atoms with Crippen molar-refractivity contribution in [3.8, 4) is 0 Å². The second-order valence-corrected chi connectivity index (χ2v) is 7.93. The number of anilines is 4. The van der Waals surface area contributed by atoms with Gasteiger partial charge in [0.2, 0.25) is 11.7 Å². The van der Waals surface area contributed by atoms with Crippen LogP contribution in [0, 0.1) is 0 Å². The Morgan fingerprint density at radius 3 is 2.67 bits per heavy atom. The Morgan fingerprint density at radius 1 is 1.27 bits per heavy atom. The summed E-state index contributed by atoms with van der Waals surface area (Å²) in [5, 5.41) is 5.56. The van der Waals surface area contributed by atoms with E-state index in [0.717, 1.165) is 31.0 Å². The molecular formula is C20H23F3N6O. The highest BCUT2D eigenvalue weighted by Gasteiger charge is 2.52. The van der Waals surface area contributed by atoms with Crippen LogP contribution in [0.1, 0.15) is 44.5 Å². The fourth-order valence-electron chi connectivity index (χ4n) is 3.72. The lowest BCUT2D eigenvalue weighted by molar-refractivity contribution is -0.114. The second kappa shape index (κ2) is 7.41. The van der Waals surface area contributed by atoms with Gasteiger partial charge in [-0.3, -0.25) is 9.18 Å². The molecule has 0 radical (unpaired) electrons. The van der Waals surface area contributed by atoms with E-state index in [2.05, 4.69) is 25.6 Å². The monoisotopic (exact) mass is 420 g/mol. The number of fused-ring (bicyclic) bond motifs is 2. The number of alkyl halides is 3. The number of amides is 1. The maximum absolute atomic E-state index is 14.1. The van der Waals surface area contributed by atoms with Gasteiger partial charge in [-0.2, -0.15) is 8.78 Å². The van der Waals surface area contributed by atoms with E-state index in [9.17, 15) is 18.0 Å². The third-order valence-corrected chi connectivity index (χ3v) is 5.36. The van der Waals surface area contributed by atoms with Crippen LogP contribution in [-0.2, 0) is 16.1 Å². The molecule has 1 amide bonds. The Balaban J connectivity index is 1.75. The molecule has 0 aromatic carbocycles. The number of carbonyl (C=O) groups is 1. The standard InChI is InChI=1S/C20H23F3N6O/c1-12(30)26-15-8-14-13(10-25-15)20(4-5-20)11-29(14)17-9-16(24-7-3-6-21)27-18(28-17)19(2,22)23/h8-10H,3-7,11H2,1-2H3,(H,24,27,28)(H,25,26,30). The third kappa shape index (κ3) is 3.90. The first-order valence-electron chi connectivity index (χ1n) is 9.85. The van der Waals surface area contributed by atoms with Crippen molar-refractivity contribution in [1.29, 1.82) is 0 Å². The molecule has 0 atom stereocenters. The van der Waals surface area contributed by atoms with Crippen molar-refractivity contribution in [2.45, 2.75) is 44.4 Å². The average molecular weight is 420 g/mol. The first-order valence-corrected chi connectivity index (χ1v) is 9.85. The number of hydrogen-bond donors (Lipinski definition) is 2. The molecule has 0 saturated heterocycles. The highest BCUT2D eigenvalue weighted by molar-refractivity contribution is 5.89. The zero-order chi connectivity index (χ0) is 21.5. The SMILES string of the molecule is CC(=O)Nc1cc2c(cn1)C1(CC1)CN2c1cc(NCCCF)nc(C(C)(F)F)n1. The summed E-state index contributed by atoms with van der Waals surface area (Å²) in [6.07, 6.45) is 3.94. The van der Waals surface area contributed by atoms with Crippen molar-refractivity contribution in [2.75, 3.05) is 35.3 Å². The molecule has 1 fully saturated rings. The van der Waals surface area contributed by atoms with Gasteiger partial charge in [0, 0.05) is 56.2 Å². The van der Waals surface area contributed by atoms with E-state index in [-0.39, 0.29) is 30.1 Å². The average Bonchev–Trinajstić information content (AvgIpc) is 3.38. The summed E-state index contributed by atoms with van der Waals surface area (Å²) in [6.45, 7) is 2.49. The summed E-state index contributed by atoms with van der Waals surface area (Å²) >= 11 is 0. The normalized spacial score (nSPS) is 16.5. The van der Waals surface area contributed by atoms with Gasteiger partial charge in [-0.15, -0.1) is 0 Å². The van der Waals surface area contributed by atoms with Crippen LogP contribution in [0.2, 0.25) is 0 Å². The van der Waals surface area contributed by atoms with Crippen LogP contribution in [0.3, 0.4) is 0 Å². The van der Waals surface area contributed by atoms with Crippen molar-refractivity contribution >= 4 is 29.0 Å². The fraction of sp³-hybridized carbons (Fsp3) is 0.500. The predicted octanol–water partition coefficient (Wildman–Crippen LogP) is 3.90. The van der Waals surface area contributed by atoms with E-state index < -0.39 is 18.4 Å². The molecule has 30 heavy (non-hydrogen) atoms. The summed E-state index contributed by atoms with van der Waals surface area (Å²) in [4.78, 5) is 25.7. The van der Waals surface area contributed by atoms with Crippen LogP contribution >= 0.6 is 0 Å². The van der Waals surface area contributed by atoms with Gasteiger partial charge in [-0.05, 0) is 19.3 Å². The van der Waals surface area contributed by atoms with Crippen molar-refractivity contribution in [1.82, 2.24) is 15.0 Å². The number of nitrogens with one attached hydrogen (secondary N) is 2. The Hall–Kier alpha value is -2.91. The number of rotatable bonds is 7. The lowest BCUT2D eigenvalue weighted by Gasteiger charge is -2.22. The molecule has 1 aliphatic carbocycles. The largest absolute Gasteiger partial charge is 0.370 e. The van der Waals surface area contributed by atoms with E-state index in [1.807, 2.05) is 4.90 Å². The highest BCUT2D eigenvalue weighted by atomic mass is 19.3. The van der Waals surface area contributed by atoms with Gasteiger partial charge < -0.3 is 15.5 Å². The molecule has 1 aliphatic heterocycles. The van der Waals surface area contributed by atoms with E-state index in [1.165, 1.54) is 6.92 Å². The Bertz CT molecular complexity index is 973. The lowest BCUT2D eigenvalue weighted by atomic mass is 10.0. The minimum Gasteiger partial charge on any atom is -0.370 e. The number of carbonyl (C=O) groups excluding carboxylic acids is 1. The highest BCUT2D eigenvalue weighted by Crippen LogP contribution is 2.58. The quantitative estimate of drug-likeness (QED) is 0.661. The van der Waals surface area contributed by atoms with Crippen LogP contribution in [0.15, 0.2) is 18.3 Å². The minimum absolute atomic E-state index is 0.0707. The predicted molar refractivity (Wildman–Crippen MR) is 107 cm³/mol. The van der Waals surface area contributed by atoms with Crippen molar-refractivity contribution in [2.24, 2.45) is 0 Å². The minimum atomic E-state index is -3.23. The second-order valence-electron chi connectivity index (χ2n) is 7.93. The van der Waals surface area contributed by atoms with Gasteiger partial charge in [0.05, 0.1) is 12.4 Å². The first kappa shape index (κ1) is 20.4. The van der Waals surface area contributed by atoms with Gasteiger partial charge in [-0.1, -0.05) is 0 Å². The molecule has 0 bridgehead atoms. The molecule has 1 saturated carbocycles. The number of pyridine rings is 1. The molecular weight excluding hydrogens is 397 g/mol. The third-order valence-electron chi connectivity index (χ3n) is 5.36. The summed E-state index contributed by atoms with van der Waals surface area (Å²) in [6, 6.07) is 3.34. The zero-order valence-corrected chi connectivity index (χ0v) is 16.8. The molecule has 2 N–H and O–H groups in total. The number of hydrogen-bond acceptors (Lipinski definition) is 6. The van der Waals surface area contributed by atoms with Gasteiger partial charge in [0.1, 0.15) is 17.5 Å². The Morgan fingerprint density at radius 2 is 2.03 bits per heavy atom. The van der Waals surface area contributed by atoms with Crippen LogP contribution in [-0.4, -0.2) is 40.6 Å². The zero-order valence-electron chi connectivity index (χ0n) is 16.8. The Kier molecular flexibility index (Phi) is 5.03. The molecule has 10 heteroatoms. The summed E-state index contributed by atoms with van der Waals surface area (Å²) in [7, 11) is 0. The molecule has 2 aliphatic rings. The molecule has 0 unspecified atom stereocenters. The molecule has 160 valence electrons. The van der Waals surface area contributed by atoms with E-state index in [0.29, 0.717) is 18.2 Å². The maximum Gasteiger partial charge on any atom is 0.303 e. The van der Waals surface area contributed by atoms with Crippen LogP contribution < -0.4 is 15.5 Å². The fourth-order valence-corrected chi connectivity index (χ4v) is 3.72. The lowest BCUT2D eigenvalue weighted by Crippen LogP contribution is -2.23. The Labute approximate surface area is 172 Å². The number of nitrogens with zero attached hydrogens (tertiary/aromatic N) is 4. The van der Waals surface area contributed by atoms with Gasteiger partial charge in [-0.25, -0.2) is 15.0 Å². The van der Waals surface area contributed by atoms with Crippen LogP contribution in [0.5, 0.6) is 0 Å². The molecule has 2 aromatic heterocycles. The topological polar surface area (TPSA) is 83.0 Å². The molecule has 1 spiro atoms. The van der Waals surface area contributed by atoms with Gasteiger partial charge in [0.25, 0.3) is 0 Å². The van der Waals surface area contributed by atoms with E-state index >= 15 is 0 Å². The van der Waals surface area contributed by atoms with Crippen molar-refractivity contribution in [3.63, 3.8) is 0 Å². The van der Waals surface area contributed by atoms with Crippen LogP contribution in [0.4, 0.5) is 36.3 Å². The summed E-state index contributed by atoms with van der Waals surface area (Å²) < 4.78 is 40.6. The summed E-state index contributed by atoms with van der Waals surface area (Å²) in [5.41, 5.74) is 1.73. The van der Waals surface area contributed by atoms with E-state index in [4.69, 9.17) is 0 Å². The van der Waals surface area contributed by atoms with Crippen molar-refractivity contribution in [3.05, 3.63) is 29.7 Å². The first-order chi connectivity index (χ1) is 14.2. The molecule has 3 heterocycles. The number of halogens is 3. The summed E-state index contributed by atoms with van der Waals surface area (Å²) in [5.74, 6) is -3.14. The van der Waals surface area contributed by atoms with Crippen molar-refractivity contribution < 1.29 is 18.0 Å². The van der Waals surface area contributed by atoms with Gasteiger partial charge >= 0.3 is 5.92 Å². The molecule has 4 rings (SSSR count). The molecule has 2 aromatic rings. The van der Waals surface area contributed by atoms with E-state index in [1.54, 1.807) is 18.3 Å². The van der Waals surface area contributed by atoms with Crippen LogP contribution in [0.25, 0.3) is 0 Å². The maximum atomic E-state index is 14.1. The number of aromatic nitrogens is 3. The van der Waals surface area contributed by atoms with Gasteiger partial charge in [0.15, 0.2) is 0 Å².